The second-order valence-corrected chi connectivity index (χ2v) is 9.27. The maximum atomic E-state index is 12.8. The fourth-order valence-electron chi connectivity index (χ4n) is 3.55. The lowest BCUT2D eigenvalue weighted by molar-refractivity contribution is -0.384. The van der Waals surface area contributed by atoms with Crippen LogP contribution in [0.4, 0.5) is 18.9 Å². The molecule has 0 unspecified atom stereocenters. The van der Waals surface area contributed by atoms with Crippen LogP contribution in [-0.4, -0.2) is 64.9 Å². The Morgan fingerprint density at radius 1 is 1.06 bits per heavy atom. The number of piperazine rings is 1. The van der Waals surface area contributed by atoms with Crippen LogP contribution < -0.4 is 4.74 Å². The third kappa shape index (κ3) is 5.07. The lowest BCUT2D eigenvalue weighted by Crippen LogP contribution is -2.48. The van der Waals surface area contributed by atoms with Crippen molar-refractivity contribution >= 4 is 26.6 Å². The third-order valence-corrected chi connectivity index (χ3v) is 7.11. The minimum absolute atomic E-state index is 0.0492. The van der Waals surface area contributed by atoms with E-state index in [1.54, 1.807) is 16.9 Å². The van der Waals surface area contributed by atoms with Crippen molar-refractivity contribution in [2.75, 3.05) is 26.2 Å². The Bertz CT molecular complexity index is 1270. The molecule has 0 aliphatic carbocycles. The van der Waals surface area contributed by atoms with Gasteiger partial charge in [-0.2, -0.15) is 9.40 Å². The quantitative estimate of drug-likeness (QED) is 0.390. The van der Waals surface area contributed by atoms with Crippen molar-refractivity contribution in [2.24, 2.45) is 0 Å². The number of aromatic nitrogens is 2. The maximum absolute atomic E-state index is 12.8. The van der Waals surface area contributed by atoms with Crippen LogP contribution in [0, 0.1) is 10.1 Å². The second-order valence-electron chi connectivity index (χ2n) is 7.33. The van der Waals surface area contributed by atoms with Gasteiger partial charge in [-0.25, -0.2) is 8.42 Å². The first-order valence-corrected chi connectivity index (χ1v) is 11.2. The molecule has 176 valence electrons. The van der Waals surface area contributed by atoms with Crippen molar-refractivity contribution < 1.29 is 31.2 Å². The van der Waals surface area contributed by atoms with Crippen LogP contribution in [0.1, 0.15) is 0 Å². The van der Waals surface area contributed by atoms with E-state index >= 15 is 0 Å². The topological polar surface area (TPSA) is 111 Å². The molecule has 0 saturated carbocycles. The Balaban J connectivity index is 1.41. The molecule has 1 fully saturated rings. The number of hydrogen-bond donors (Lipinski definition) is 0. The van der Waals surface area contributed by atoms with E-state index in [-0.39, 0.29) is 23.7 Å². The number of nitro groups is 1. The zero-order valence-electron chi connectivity index (χ0n) is 17.0. The van der Waals surface area contributed by atoms with Crippen LogP contribution in [0.3, 0.4) is 0 Å². The van der Waals surface area contributed by atoms with Crippen molar-refractivity contribution in [3.05, 3.63) is 58.8 Å². The van der Waals surface area contributed by atoms with Crippen molar-refractivity contribution in [1.29, 1.82) is 0 Å². The molecule has 10 nitrogen and oxygen atoms in total. The monoisotopic (exact) mass is 485 g/mol. The van der Waals surface area contributed by atoms with Gasteiger partial charge in [-0.3, -0.25) is 19.7 Å². The lowest BCUT2D eigenvalue weighted by Gasteiger charge is -2.33. The molecule has 1 aliphatic heterocycles. The van der Waals surface area contributed by atoms with E-state index in [0.717, 1.165) is 29.7 Å². The molecule has 0 radical (unpaired) electrons. The van der Waals surface area contributed by atoms with Gasteiger partial charge in [0.15, 0.2) is 0 Å². The molecule has 33 heavy (non-hydrogen) atoms. The maximum Gasteiger partial charge on any atom is 0.573 e. The summed E-state index contributed by atoms with van der Waals surface area (Å²) in [7, 11) is -3.89. The van der Waals surface area contributed by atoms with Crippen LogP contribution in [0.5, 0.6) is 5.75 Å². The molecule has 14 heteroatoms. The number of nitro benzene ring substituents is 1. The molecule has 2 heterocycles. The largest absolute Gasteiger partial charge is 0.573 e. The Morgan fingerprint density at radius 2 is 1.73 bits per heavy atom. The van der Waals surface area contributed by atoms with Crippen molar-refractivity contribution in [1.82, 2.24) is 19.0 Å². The molecule has 1 aliphatic rings. The summed E-state index contributed by atoms with van der Waals surface area (Å²) < 4.78 is 69.2. The number of halogens is 3. The summed E-state index contributed by atoms with van der Waals surface area (Å²) in [6, 6.07) is 8.52. The van der Waals surface area contributed by atoms with Gasteiger partial charge < -0.3 is 4.74 Å². The average Bonchev–Trinajstić information content (AvgIpc) is 3.15. The minimum atomic E-state index is -4.86. The molecule has 0 bridgehead atoms. The highest BCUT2D eigenvalue weighted by molar-refractivity contribution is 7.89. The first-order chi connectivity index (χ1) is 15.5. The molecule has 0 amide bonds. The molecule has 1 aromatic heterocycles. The highest BCUT2D eigenvalue weighted by Gasteiger charge is 2.32. The summed E-state index contributed by atoms with van der Waals surface area (Å²) in [6.07, 6.45) is -3.26. The number of rotatable bonds is 6. The average molecular weight is 485 g/mol. The normalized spacial score (nSPS) is 16.2. The van der Waals surface area contributed by atoms with Crippen LogP contribution in [0.2, 0.25) is 0 Å². The SMILES string of the molecule is O=[N+]([O-])c1ccc2cnn(CN3CCN(S(=O)(=O)c4ccc(OC(F)(F)F)cc4)CC3)c2c1. The zero-order valence-corrected chi connectivity index (χ0v) is 17.8. The molecule has 1 saturated heterocycles. The summed E-state index contributed by atoms with van der Waals surface area (Å²) in [5.74, 6) is -0.502. The molecule has 4 rings (SSSR count). The molecular formula is C19H18F3N5O5S. The minimum Gasteiger partial charge on any atom is -0.406 e. The van der Waals surface area contributed by atoms with E-state index < -0.39 is 27.1 Å². The van der Waals surface area contributed by atoms with E-state index in [4.69, 9.17) is 0 Å². The van der Waals surface area contributed by atoms with Crippen molar-refractivity contribution in [3.8, 4) is 5.75 Å². The number of nitrogens with zero attached hydrogens (tertiary/aromatic N) is 5. The predicted molar refractivity (Wildman–Crippen MR) is 110 cm³/mol. The smallest absolute Gasteiger partial charge is 0.406 e. The zero-order chi connectivity index (χ0) is 23.8. The summed E-state index contributed by atoms with van der Waals surface area (Å²) in [5.41, 5.74) is 0.548. The number of ether oxygens (including phenoxy) is 1. The van der Waals surface area contributed by atoms with E-state index in [1.807, 2.05) is 4.90 Å². The van der Waals surface area contributed by atoms with E-state index in [2.05, 4.69) is 9.84 Å². The van der Waals surface area contributed by atoms with E-state index in [1.165, 1.54) is 16.4 Å². The highest BCUT2D eigenvalue weighted by atomic mass is 32.2. The van der Waals surface area contributed by atoms with Gasteiger partial charge in [0.1, 0.15) is 5.75 Å². The predicted octanol–water partition coefficient (Wildman–Crippen LogP) is 2.81. The van der Waals surface area contributed by atoms with Crippen LogP contribution >= 0.6 is 0 Å². The van der Waals surface area contributed by atoms with Gasteiger partial charge in [0, 0.05) is 43.7 Å². The number of alkyl halides is 3. The van der Waals surface area contributed by atoms with Gasteiger partial charge in [-0.15, -0.1) is 13.2 Å². The molecular weight excluding hydrogens is 467 g/mol. The van der Waals surface area contributed by atoms with Gasteiger partial charge in [0.05, 0.1) is 28.2 Å². The van der Waals surface area contributed by atoms with E-state index in [9.17, 15) is 31.7 Å². The Morgan fingerprint density at radius 3 is 2.33 bits per heavy atom. The summed E-state index contributed by atoms with van der Waals surface area (Å²) in [4.78, 5) is 12.4. The fourth-order valence-corrected chi connectivity index (χ4v) is 4.97. The van der Waals surface area contributed by atoms with Crippen LogP contribution in [0.25, 0.3) is 10.9 Å². The molecule has 0 spiro atoms. The standard InChI is InChI=1S/C19H18F3N5O5S/c20-19(21,22)32-16-3-5-17(6-4-16)33(30,31)25-9-7-24(8-10-25)13-26-18-11-15(27(28)29)2-1-14(18)12-23-26/h1-6,11-12H,7-10,13H2. The third-order valence-electron chi connectivity index (χ3n) is 5.20. The summed E-state index contributed by atoms with van der Waals surface area (Å²) in [6.45, 7) is 1.42. The second kappa shape index (κ2) is 8.61. The first kappa shape index (κ1) is 22.9. The Labute approximate surface area is 186 Å². The van der Waals surface area contributed by atoms with Gasteiger partial charge >= 0.3 is 6.36 Å². The van der Waals surface area contributed by atoms with Gasteiger partial charge in [0.25, 0.3) is 5.69 Å². The van der Waals surface area contributed by atoms with Crippen molar-refractivity contribution in [2.45, 2.75) is 17.9 Å². The highest BCUT2D eigenvalue weighted by Crippen LogP contribution is 2.26. The van der Waals surface area contributed by atoms with E-state index in [0.29, 0.717) is 25.3 Å². The number of sulfonamides is 1. The van der Waals surface area contributed by atoms with Crippen LogP contribution in [-0.2, 0) is 16.7 Å². The van der Waals surface area contributed by atoms with Crippen LogP contribution in [0.15, 0.2) is 53.6 Å². The van der Waals surface area contributed by atoms with Gasteiger partial charge in [-0.05, 0) is 30.3 Å². The Hall–Kier alpha value is -3.23. The number of benzene rings is 2. The van der Waals surface area contributed by atoms with Gasteiger partial charge in [-0.1, -0.05) is 0 Å². The fraction of sp³-hybridized carbons (Fsp3) is 0.316. The number of hydrogen-bond acceptors (Lipinski definition) is 7. The summed E-state index contributed by atoms with van der Waals surface area (Å²) >= 11 is 0. The number of non-ortho nitro benzene ring substituents is 1. The molecule has 3 aromatic rings. The lowest BCUT2D eigenvalue weighted by atomic mass is 10.2. The number of fused-ring (bicyclic) bond motifs is 1. The summed E-state index contributed by atoms with van der Waals surface area (Å²) in [5, 5.41) is 16.1. The van der Waals surface area contributed by atoms with Crippen molar-refractivity contribution in [3.63, 3.8) is 0 Å². The Kier molecular flexibility index (Phi) is 5.99. The van der Waals surface area contributed by atoms with Gasteiger partial charge in [0.2, 0.25) is 10.0 Å². The first-order valence-electron chi connectivity index (χ1n) is 9.71. The molecule has 2 aromatic carbocycles. The molecule has 0 N–H and O–H groups in total. The molecule has 0 atom stereocenters.